The van der Waals surface area contributed by atoms with E-state index in [-0.39, 0.29) is 17.2 Å². The van der Waals surface area contributed by atoms with E-state index in [0.717, 1.165) is 31.2 Å². The van der Waals surface area contributed by atoms with Crippen molar-refractivity contribution in [1.29, 1.82) is 0 Å². The first-order valence-electron chi connectivity index (χ1n) is 9.25. The fourth-order valence-electron chi connectivity index (χ4n) is 2.40. The van der Waals surface area contributed by atoms with Crippen LogP contribution in [0.4, 0.5) is 0 Å². The topological polar surface area (TPSA) is 82.0 Å². The monoisotopic (exact) mass is 403 g/mol. The van der Waals surface area contributed by atoms with Crippen LogP contribution in [-0.4, -0.2) is 26.7 Å². The number of unbranched alkanes of at least 4 members (excludes halogenated alkanes) is 3. The van der Waals surface area contributed by atoms with E-state index in [0.29, 0.717) is 5.56 Å². The average molecular weight is 404 g/mol. The summed E-state index contributed by atoms with van der Waals surface area (Å²) >= 11 is 0. The molecule has 2 aromatic carbocycles. The highest BCUT2D eigenvalue weighted by Crippen LogP contribution is 2.15. The second-order valence-corrected chi connectivity index (χ2v) is 7.87. The van der Waals surface area contributed by atoms with Gasteiger partial charge in [-0.1, -0.05) is 79.4 Å². The average Bonchev–Trinajstić information content (AvgIpc) is 2.69. The summed E-state index contributed by atoms with van der Waals surface area (Å²) in [5.74, 6) is -0.721. The molecule has 0 amide bonds. The van der Waals surface area contributed by atoms with Gasteiger partial charge < -0.3 is 4.74 Å². The summed E-state index contributed by atoms with van der Waals surface area (Å²) in [6.07, 6.45) is 3.84. The Balaban J connectivity index is 2.17. The first kappa shape index (κ1) is 21.6. The molecule has 0 heterocycles. The molecule has 7 heteroatoms. The molecule has 28 heavy (non-hydrogen) atoms. The largest absolute Gasteiger partial charge is 0.461 e. The molecule has 0 unspecified atom stereocenters. The van der Waals surface area contributed by atoms with Gasteiger partial charge in [0.2, 0.25) is 0 Å². The maximum atomic E-state index is 12.4. The van der Waals surface area contributed by atoms with Gasteiger partial charge in [0.25, 0.3) is 0 Å². The lowest BCUT2D eigenvalue weighted by Crippen LogP contribution is -2.20. The second-order valence-electron chi connectivity index (χ2n) is 6.34. The highest BCUT2D eigenvalue weighted by Gasteiger charge is 2.21. The van der Waals surface area contributed by atoms with E-state index in [1.54, 1.807) is 42.5 Å². The molecular formula is C21H25NO5S. The van der Waals surface area contributed by atoms with Crippen LogP contribution in [0.1, 0.15) is 43.7 Å². The summed E-state index contributed by atoms with van der Waals surface area (Å²) in [5, 5.41) is 3.63. The van der Waals surface area contributed by atoms with Crippen molar-refractivity contribution >= 4 is 21.8 Å². The SMILES string of the molecule is CCCCCCOC(=O)/C(=N/OS(=O)(=O)c1ccc(C)cc1)c1ccccc1. The Morgan fingerprint density at radius 1 is 0.964 bits per heavy atom. The quantitative estimate of drug-likeness (QED) is 0.257. The summed E-state index contributed by atoms with van der Waals surface area (Å²) in [6, 6.07) is 14.6. The first-order chi connectivity index (χ1) is 13.4. The highest BCUT2D eigenvalue weighted by atomic mass is 32.2. The van der Waals surface area contributed by atoms with Crippen LogP contribution in [0.2, 0.25) is 0 Å². The molecule has 0 radical (unpaired) electrons. The number of esters is 1. The number of oxime groups is 1. The van der Waals surface area contributed by atoms with E-state index >= 15 is 0 Å². The zero-order valence-electron chi connectivity index (χ0n) is 16.1. The Morgan fingerprint density at radius 3 is 2.29 bits per heavy atom. The molecule has 0 aliphatic carbocycles. The number of hydrogen-bond acceptors (Lipinski definition) is 6. The zero-order chi connectivity index (χ0) is 20.4. The van der Waals surface area contributed by atoms with Gasteiger partial charge in [-0.25, -0.2) is 4.79 Å². The van der Waals surface area contributed by atoms with Gasteiger partial charge in [-0.2, -0.15) is 8.42 Å². The Kier molecular flexibility index (Phi) is 8.19. The lowest BCUT2D eigenvalue weighted by molar-refractivity contribution is -0.135. The Morgan fingerprint density at radius 2 is 1.64 bits per heavy atom. The maximum Gasteiger partial charge on any atom is 0.361 e. The molecule has 2 rings (SSSR count). The van der Waals surface area contributed by atoms with E-state index in [1.165, 1.54) is 12.1 Å². The van der Waals surface area contributed by atoms with Gasteiger partial charge in [0.05, 0.1) is 6.61 Å². The van der Waals surface area contributed by atoms with Crippen molar-refractivity contribution in [1.82, 2.24) is 0 Å². The molecule has 0 N–H and O–H groups in total. The van der Waals surface area contributed by atoms with Gasteiger partial charge >= 0.3 is 16.1 Å². The highest BCUT2D eigenvalue weighted by molar-refractivity contribution is 7.86. The summed E-state index contributed by atoms with van der Waals surface area (Å²) in [6.45, 7) is 4.19. The minimum atomic E-state index is -4.14. The van der Waals surface area contributed by atoms with Crippen molar-refractivity contribution < 1.29 is 22.2 Å². The fraction of sp³-hybridized carbons (Fsp3) is 0.333. The number of aryl methyl sites for hydroxylation is 1. The fourth-order valence-corrected chi connectivity index (χ4v) is 3.13. The number of carbonyl (C=O) groups excluding carboxylic acids is 1. The normalized spacial score (nSPS) is 11.9. The van der Waals surface area contributed by atoms with E-state index in [4.69, 9.17) is 9.02 Å². The number of rotatable bonds is 10. The van der Waals surface area contributed by atoms with Gasteiger partial charge in [-0.05, 0) is 25.5 Å². The first-order valence-corrected chi connectivity index (χ1v) is 10.7. The molecule has 0 saturated carbocycles. The number of benzene rings is 2. The third kappa shape index (κ3) is 6.49. The number of nitrogens with zero attached hydrogens (tertiary/aromatic N) is 1. The van der Waals surface area contributed by atoms with Gasteiger partial charge in [0.15, 0.2) is 5.71 Å². The minimum Gasteiger partial charge on any atom is -0.461 e. The summed E-state index contributed by atoms with van der Waals surface area (Å²) < 4.78 is 34.7. The summed E-state index contributed by atoms with van der Waals surface area (Å²) in [5.41, 5.74) is 1.14. The zero-order valence-corrected chi connectivity index (χ0v) is 16.9. The molecule has 6 nitrogen and oxygen atoms in total. The standard InChI is InChI=1S/C21H25NO5S/c1-3-4-5-9-16-26-21(23)20(18-10-7-6-8-11-18)22-27-28(24,25)19-14-12-17(2)13-15-19/h6-8,10-15H,3-5,9,16H2,1-2H3/b22-20+. The van der Waals surface area contributed by atoms with Crippen molar-refractivity contribution in [3.8, 4) is 0 Å². The van der Waals surface area contributed by atoms with E-state index in [2.05, 4.69) is 12.1 Å². The molecule has 0 spiro atoms. The van der Waals surface area contributed by atoms with Crippen molar-refractivity contribution in [2.45, 2.75) is 44.4 Å². The Labute approximate surface area is 166 Å². The molecule has 0 aliphatic rings. The molecule has 0 bridgehead atoms. The summed E-state index contributed by atoms with van der Waals surface area (Å²) in [7, 11) is -4.14. The molecule has 0 atom stereocenters. The number of hydrogen-bond donors (Lipinski definition) is 0. The van der Waals surface area contributed by atoms with Crippen molar-refractivity contribution in [2.75, 3.05) is 6.61 Å². The maximum absolute atomic E-state index is 12.4. The Hall–Kier alpha value is -2.67. The predicted octanol–water partition coefficient (Wildman–Crippen LogP) is 4.23. The van der Waals surface area contributed by atoms with Gasteiger partial charge in [0, 0.05) is 5.56 Å². The summed E-state index contributed by atoms with van der Waals surface area (Å²) in [4.78, 5) is 12.4. The molecule has 0 aromatic heterocycles. The van der Waals surface area contributed by atoms with Gasteiger partial charge in [-0.15, -0.1) is 0 Å². The van der Waals surface area contributed by atoms with Crippen LogP contribution in [-0.2, 0) is 23.9 Å². The molecule has 150 valence electrons. The minimum absolute atomic E-state index is 0.0396. The number of carbonyl (C=O) groups is 1. The smallest absolute Gasteiger partial charge is 0.361 e. The van der Waals surface area contributed by atoms with Crippen molar-refractivity contribution in [2.24, 2.45) is 5.16 Å². The predicted molar refractivity (Wildman–Crippen MR) is 108 cm³/mol. The molecule has 0 fully saturated rings. The van der Waals surface area contributed by atoms with Crippen LogP contribution in [0.15, 0.2) is 64.6 Å². The van der Waals surface area contributed by atoms with Crippen LogP contribution >= 0.6 is 0 Å². The van der Waals surface area contributed by atoms with E-state index in [9.17, 15) is 13.2 Å². The third-order valence-electron chi connectivity index (χ3n) is 4.01. The van der Waals surface area contributed by atoms with Crippen LogP contribution in [0, 0.1) is 6.92 Å². The van der Waals surface area contributed by atoms with Crippen LogP contribution in [0.5, 0.6) is 0 Å². The van der Waals surface area contributed by atoms with Gasteiger partial charge in [-0.3, -0.25) is 4.28 Å². The van der Waals surface area contributed by atoms with Crippen molar-refractivity contribution in [3.63, 3.8) is 0 Å². The lowest BCUT2D eigenvalue weighted by atomic mass is 10.1. The van der Waals surface area contributed by atoms with Crippen LogP contribution < -0.4 is 0 Å². The molecule has 2 aromatic rings. The number of ether oxygens (including phenoxy) is 1. The molecule has 0 saturated heterocycles. The van der Waals surface area contributed by atoms with E-state index < -0.39 is 16.1 Å². The molecule has 0 aliphatic heterocycles. The lowest BCUT2D eigenvalue weighted by Gasteiger charge is -2.08. The third-order valence-corrected chi connectivity index (χ3v) is 5.13. The van der Waals surface area contributed by atoms with E-state index in [1.807, 2.05) is 6.92 Å². The second kappa shape index (κ2) is 10.6. The van der Waals surface area contributed by atoms with Crippen LogP contribution in [0.3, 0.4) is 0 Å². The van der Waals surface area contributed by atoms with Gasteiger partial charge in [0.1, 0.15) is 4.90 Å². The van der Waals surface area contributed by atoms with Crippen LogP contribution in [0.25, 0.3) is 0 Å². The van der Waals surface area contributed by atoms with Crippen molar-refractivity contribution in [3.05, 3.63) is 65.7 Å². The Bertz CT molecular complexity index is 890. The molecular weight excluding hydrogens is 378 g/mol.